The normalized spacial score (nSPS) is 11.2. The molecule has 0 aliphatic heterocycles. The van der Waals surface area contributed by atoms with Gasteiger partial charge in [-0.3, -0.25) is 14.6 Å². The number of amides is 1. The number of nitrogens with zero attached hydrogens (tertiary/aromatic N) is 1. The van der Waals surface area contributed by atoms with Gasteiger partial charge in [0.15, 0.2) is 5.96 Å². The Bertz CT molecular complexity index is 340. The number of methoxy groups -OCH3 is 1. The molecule has 1 amide bonds. The predicted molar refractivity (Wildman–Crippen MR) is 69.2 cm³/mol. The molecule has 0 bridgehead atoms. The molecule has 0 saturated heterocycles. The van der Waals surface area contributed by atoms with Crippen LogP contribution in [0.15, 0.2) is 4.99 Å². The fourth-order valence-corrected chi connectivity index (χ4v) is 1.29. The van der Waals surface area contributed by atoms with E-state index in [2.05, 4.69) is 15.0 Å². The van der Waals surface area contributed by atoms with Crippen LogP contribution in [0.4, 0.5) is 0 Å². The number of hydrogen-bond acceptors (Lipinski definition) is 5. The molecule has 0 saturated carbocycles. The molecule has 0 spiro atoms. The van der Waals surface area contributed by atoms with Crippen molar-refractivity contribution < 1.29 is 19.1 Å². The van der Waals surface area contributed by atoms with E-state index in [-0.39, 0.29) is 24.7 Å². The monoisotopic (exact) mass is 272 g/mol. The Labute approximate surface area is 111 Å². The molecule has 0 rings (SSSR count). The maximum Gasteiger partial charge on any atom is 0.306 e. The number of rotatable bonds is 9. The summed E-state index contributed by atoms with van der Waals surface area (Å²) in [5.74, 6) is -0.848. The van der Waals surface area contributed by atoms with E-state index in [0.717, 1.165) is 0 Å². The second-order valence-corrected chi connectivity index (χ2v) is 3.84. The summed E-state index contributed by atoms with van der Waals surface area (Å²) in [5, 5.41) is 2.51. The Morgan fingerprint density at radius 1 is 1.37 bits per heavy atom. The van der Waals surface area contributed by atoms with Crippen molar-refractivity contribution >= 4 is 24.1 Å². The van der Waals surface area contributed by atoms with Crippen molar-refractivity contribution in [2.75, 3.05) is 13.7 Å². The standard InChI is InChI=1S/C11H20N4O4/c1-19-10(18)5-4-9(17)15-8(7-16)3-2-6-14-11(12)13/h7-8H,2-6H2,1H3,(H,15,17)(H4,12,13,14)/t8-/m0/s1. The zero-order valence-electron chi connectivity index (χ0n) is 10.9. The van der Waals surface area contributed by atoms with Crippen LogP contribution >= 0.6 is 0 Å². The summed E-state index contributed by atoms with van der Waals surface area (Å²) in [5.41, 5.74) is 10.3. The molecule has 0 unspecified atom stereocenters. The minimum atomic E-state index is -0.598. The SMILES string of the molecule is COC(=O)CCC(=O)N[C@H](C=O)CCCN=C(N)N. The van der Waals surface area contributed by atoms with Gasteiger partial charge in [-0.05, 0) is 12.8 Å². The quantitative estimate of drug-likeness (QED) is 0.156. The van der Waals surface area contributed by atoms with Gasteiger partial charge in [-0.15, -0.1) is 0 Å². The summed E-state index contributed by atoms with van der Waals surface area (Å²) in [7, 11) is 1.25. The number of aldehydes is 1. The van der Waals surface area contributed by atoms with Crippen LogP contribution < -0.4 is 16.8 Å². The van der Waals surface area contributed by atoms with E-state index in [0.29, 0.717) is 25.7 Å². The Balaban J connectivity index is 3.91. The maximum atomic E-state index is 11.4. The number of nitrogens with two attached hydrogens (primary N) is 2. The summed E-state index contributed by atoms with van der Waals surface area (Å²) in [6, 6.07) is -0.598. The zero-order chi connectivity index (χ0) is 14.7. The maximum absolute atomic E-state index is 11.4. The first kappa shape index (κ1) is 16.9. The fourth-order valence-electron chi connectivity index (χ4n) is 1.29. The Kier molecular flexibility index (Phi) is 8.76. The van der Waals surface area contributed by atoms with Gasteiger partial charge in [-0.1, -0.05) is 0 Å². The lowest BCUT2D eigenvalue weighted by Gasteiger charge is -2.11. The highest BCUT2D eigenvalue weighted by Gasteiger charge is 2.12. The van der Waals surface area contributed by atoms with Crippen molar-refractivity contribution in [3.8, 4) is 0 Å². The van der Waals surface area contributed by atoms with Gasteiger partial charge >= 0.3 is 5.97 Å². The highest BCUT2D eigenvalue weighted by Crippen LogP contribution is 1.98. The van der Waals surface area contributed by atoms with Crippen LogP contribution in [0, 0.1) is 0 Å². The van der Waals surface area contributed by atoms with Crippen molar-refractivity contribution in [1.82, 2.24) is 5.32 Å². The van der Waals surface area contributed by atoms with Crippen LogP contribution in [0.3, 0.4) is 0 Å². The van der Waals surface area contributed by atoms with Crippen LogP contribution in [0.2, 0.25) is 0 Å². The highest BCUT2D eigenvalue weighted by molar-refractivity contribution is 5.83. The molecule has 0 radical (unpaired) electrons. The molecule has 8 heteroatoms. The Hall–Kier alpha value is -2.12. The minimum absolute atomic E-state index is 0.00901. The Morgan fingerprint density at radius 2 is 2.05 bits per heavy atom. The van der Waals surface area contributed by atoms with E-state index >= 15 is 0 Å². The largest absolute Gasteiger partial charge is 0.469 e. The summed E-state index contributed by atoms with van der Waals surface area (Å²) in [6.45, 7) is 0.394. The molecular weight excluding hydrogens is 252 g/mol. The van der Waals surface area contributed by atoms with Gasteiger partial charge in [0.25, 0.3) is 0 Å². The fraction of sp³-hybridized carbons (Fsp3) is 0.636. The number of esters is 1. The van der Waals surface area contributed by atoms with Crippen LogP contribution in [0.25, 0.3) is 0 Å². The van der Waals surface area contributed by atoms with Crippen LogP contribution in [0.5, 0.6) is 0 Å². The van der Waals surface area contributed by atoms with Gasteiger partial charge in [0.2, 0.25) is 5.91 Å². The van der Waals surface area contributed by atoms with Crippen molar-refractivity contribution in [3.05, 3.63) is 0 Å². The number of aliphatic imine (C=N–C) groups is 1. The molecule has 1 atom stereocenters. The zero-order valence-corrected chi connectivity index (χ0v) is 10.9. The third-order valence-corrected chi connectivity index (χ3v) is 2.26. The van der Waals surface area contributed by atoms with Crippen molar-refractivity contribution in [1.29, 1.82) is 0 Å². The molecule has 5 N–H and O–H groups in total. The molecule has 0 aromatic rings. The number of guanidine groups is 1. The molecule has 8 nitrogen and oxygen atoms in total. The predicted octanol–water partition coefficient (Wildman–Crippen LogP) is -1.32. The summed E-state index contributed by atoms with van der Waals surface area (Å²) in [4.78, 5) is 36.8. The van der Waals surface area contributed by atoms with Crippen molar-refractivity contribution in [2.45, 2.75) is 31.7 Å². The number of nitrogens with one attached hydrogen (secondary N) is 1. The first-order valence-electron chi connectivity index (χ1n) is 5.86. The molecule has 19 heavy (non-hydrogen) atoms. The second kappa shape index (κ2) is 9.86. The minimum Gasteiger partial charge on any atom is -0.469 e. The number of carbonyl (C=O) groups is 3. The van der Waals surface area contributed by atoms with Gasteiger partial charge < -0.3 is 26.3 Å². The molecule has 0 aliphatic carbocycles. The lowest BCUT2D eigenvalue weighted by atomic mass is 10.1. The summed E-state index contributed by atoms with van der Waals surface area (Å²) in [6.07, 6.45) is 1.63. The average molecular weight is 272 g/mol. The molecule has 0 heterocycles. The molecule has 0 aromatic heterocycles. The van der Waals surface area contributed by atoms with Crippen LogP contribution in [0.1, 0.15) is 25.7 Å². The lowest BCUT2D eigenvalue weighted by Crippen LogP contribution is -2.36. The van der Waals surface area contributed by atoms with Crippen molar-refractivity contribution in [3.63, 3.8) is 0 Å². The van der Waals surface area contributed by atoms with Crippen LogP contribution in [-0.4, -0.2) is 43.8 Å². The second-order valence-electron chi connectivity index (χ2n) is 3.84. The van der Waals surface area contributed by atoms with E-state index in [9.17, 15) is 14.4 Å². The van der Waals surface area contributed by atoms with E-state index < -0.39 is 12.0 Å². The molecule has 108 valence electrons. The van der Waals surface area contributed by atoms with Gasteiger partial charge in [-0.25, -0.2) is 0 Å². The molecular formula is C11H20N4O4. The first-order valence-corrected chi connectivity index (χ1v) is 5.86. The third-order valence-electron chi connectivity index (χ3n) is 2.26. The van der Waals surface area contributed by atoms with E-state index in [1.165, 1.54) is 7.11 Å². The topological polar surface area (TPSA) is 137 Å². The number of carbonyl (C=O) groups excluding carboxylic acids is 3. The van der Waals surface area contributed by atoms with Gasteiger partial charge in [0, 0.05) is 13.0 Å². The molecule has 0 fully saturated rings. The number of hydrogen-bond donors (Lipinski definition) is 3. The smallest absolute Gasteiger partial charge is 0.306 e. The lowest BCUT2D eigenvalue weighted by molar-refractivity contribution is -0.142. The average Bonchev–Trinajstić information content (AvgIpc) is 2.39. The van der Waals surface area contributed by atoms with Gasteiger partial charge in [0.1, 0.15) is 6.29 Å². The molecule has 0 aromatic carbocycles. The summed E-state index contributed by atoms with van der Waals surface area (Å²) >= 11 is 0. The van der Waals surface area contributed by atoms with Crippen LogP contribution in [-0.2, 0) is 19.1 Å². The highest BCUT2D eigenvalue weighted by atomic mass is 16.5. The Morgan fingerprint density at radius 3 is 2.58 bits per heavy atom. The van der Waals surface area contributed by atoms with E-state index in [1.54, 1.807) is 0 Å². The van der Waals surface area contributed by atoms with Gasteiger partial charge in [-0.2, -0.15) is 0 Å². The van der Waals surface area contributed by atoms with E-state index in [4.69, 9.17) is 11.5 Å². The molecule has 0 aliphatic rings. The van der Waals surface area contributed by atoms with Crippen molar-refractivity contribution in [2.24, 2.45) is 16.5 Å². The first-order chi connectivity index (χ1) is 8.99. The van der Waals surface area contributed by atoms with E-state index in [1.807, 2.05) is 0 Å². The third kappa shape index (κ3) is 9.57. The summed E-state index contributed by atoms with van der Waals surface area (Å²) < 4.78 is 4.41. The number of ether oxygens (including phenoxy) is 1. The van der Waals surface area contributed by atoms with Gasteiger partial charge in [0.05, 0.1) is 19.6 Å².